The molecule has 1 fully saturated rings. The number of primary sulfonamides is 1. The van der Waals surface area contributed by atoms with Crippen LogP contribution >= 0.6 is 0 Å². The van der Waals surface area contributed by atoms with Crippen LogP contribution < -0.4 is 15.8 Å². The molecule has 1 heterocycles. The maximum absolute atomic E-state index is 11.8. The van der Waals surface area contributed by atoms with Gasteiger partial charge in [0.1, 0.15) is 0 Å². The smallest absolute Gasteiger partial charge is 0.239 e. The number of anilines is 1. The summed E-state index contributed by atoms with van der Waals surface area (Å²) in [6, 6.07) is 5.95. The summed E-state index contributed by atoms with van der Waals surface area (Å²) >= 11 is 0. The van der Waals surface area contributed by atoms with Crippen molar-refractivity contribution < 1.29 is 13.2 Å². The van der Waals surface area contributed by atoms with Crippen molar-refractivity contribution >= 4 is 21.6 Å². The van der Waals surface area contributed by atoms with Gasteiger partial charge in [0.25, 0.3) is 0 Å². The molecule has 1 unspecified atom stereocenters. The summed E-state index contributed by atoms with van der Waals surface area (Å²) in [6.45, 7) is 4.27. The van der Waals surface area contributed by atoms with Gasteiger partial charge in [-0.15, -0.1) is 0 Å². The average Bonchev–Trinajstić information content (AvgIpc) is 2.46. The van der Waals surface area contributed by atoms with Crippen LogP contribution in [0, 0.1) is 0 Å². The van der Waals surface area contributed by atoms with Crippen molar-refractivity contribution in [1.29, 1.82) is 0 Å². The minimum atomic E-state index is -3.67. The SMILES string of the molecule is CC(N)C(=O)N1CCN(c2ccc(S(N)(=O)=O)cc2)CC1. The van der Waals surface area contributed by atoms with Crippen LogP contribution in [-0.4, -0.2) is 51.4 Å². The van der Waals surface area contributed by atoms with Crippen molar-refractivity contribution in [2.45, 2.75) is 17.9 Å². The molecule has 1 aliphatic heterocycles. The highest BCUT2D eigenvalue weighted by Gasteiger charge is 2.23. The van der Waals surface area contributed by atoms with E-state index in [9.17, 15) is 13.2 Å². The van der Waals surface area contributed by atoms with Gasteiger partial charge in [0.15, 0.2) is 0 Å². The van der Waals surface area contributed by atoms with E-state index in [0.717, 1.165) is 5.69 Å². The number of hydrogen-bond donors (Lipinski definition) is 2. The number of nitrogens with two attached hydrogens (primary N) is 2. The Hall–Kier alpha value is -1.64. The zero-order valence-corrected chi connectivity index (χ0v) is 12.7. The van der Waals surface area contributed by atoms with Gasteiger partial charge in [0.2, 0.25) is 15.9 Å². The maximum Gasteiger partial charge on any atom is 0.239 e. The molecule has 4 N–H and O–H groups in total. The summed E-state index contributed by atoms with van der Waals surface area (Å²) in [7, 11) is -3.67. The molecule has 7 nitrogen and oxygen atoms in total. The minimum absolute atomic E-state index is 0.0424. The quantitative estimate of drug-likeness (QED) is 0.769. The molecule has 0 spiro atoms. The number of carbonyl (C=O) groups is 1. The summed E-state index contributed by atoms with van der Waals surface area (Å²) in [6.07, 6.45) is 0. The fourth-order valence-corrected chi connectivity index (χ4v) is 2.84. The Labute approximate surface area is 124 Å². The Morgan fingerprint density at radius 3 is 2.10 bits per heavy atom. The number of piperazine rings is 1. The lowest BCUT2D eigenvalue weighted by Crippen LogP contribution is -2.52. The highest BCUT2D eigenvalue weighted by Crippen LogP contribution is 2.19. The van der Waals surface area contributed by atoms with Crippen LogP contribution in [0.2, 0.25) is 0 Å². The highest BCUT2D eigenvalue weighted by atomic mass is 32.2. The summed E-state index contributed by atoms with van der Waals surface area (Å²) in [5.74, 6) is -0.0424. The molecule has 0 aromatic heterocycles. The maximum atomic E-state index is 11.8. The Morgan fingerprint density at radius 2 is 1.67 bits per heavy atom. The molecule has 0 radical (unpaired) electrons. The third kappa shape index (κ3) is 3.72. The molecule has 1 aliphatic rings. The van der Waals surface area contributed by atoms with Crippen LogP contribution in [0.5, 0.6) is 0 Å². The zero-order valence-electron chi connectivity index (χ0n) is 11.9. The molecular weight excluding hydrogens is 292 g/mol. The lowest BCUT2D eigenvalue weighted by molar-refractivity contribution is -0.132. The predicted molar refractivity (Wildman–Crippen MR) is 80.3 cm³/mol. The van der Waals surface area contributed by atoms with Gasteiger partial charge in [-0.05, 0) is 31.2 Å². The van der Waals surface area contributed by atoms with Crippen LogP contribution in [0.1, 0.15) is 6.92 Å². The van der Waals surface area contributed by atoms with E-state index < -0.39 is 16.1 Å². The Bertz CT molecular complexity index is 605. The number of hydrogen-bond acceptors (Lipinski definition) is 5. The van der Waals surface area contributed by atoms with Gasteiger partial charge in [0.05, 0.1) is 10.9 Å². The summed E-state index contributed by atoms with van der Waals surface area (Å²) < 4.78 is 22.4. The van der Waals surface area contributed by atoms with Gasteiger partial charge in [-0.2, -0.15) is 0 Å². The first-order valence-corrected chi connectivity index (χ1v) is 8.26. The molecule has 1 aromatic carbocycles. The van der Waals surface area contributed by atoms with Crippen LogP contribution in [0.4, 0.5) is 5.69 Å². The number of carbonyl (C=O) groups excluding carboxylic acids is 1. The Balaban J connectivity index is 2.01. The first-order valence-electron chi connectivity index (χ1n) is 6.71. The summed E-state index contributed by atoms with van der Waals surface area (Å²) in [5, 5.41) is 5.07. The van der Waals surface area contributed by atoms with Crippen LogP contribution in [0.25, 0.3) is 0 Å². The largest absolute Gasteiger partial charge is 0.368 e. The van der Waals surface area contributed by atoms with Gasteiger partial charge in [-0.25, -0.2) is 13.6 Å². The molecule has 0 bridgehead atoms. The van der Waals surface area contributed by atoms with E-state index in [1.807, 2.05) is 0 Å². The minimum Gasteiger partial charge on any atom is -0.368 e. The first-order chi connectivity index (χ1) is 9.79. The number of amides is 1. The third-order valence-corrected chi connectivity index (χ3v) is 4.44. The average molecular weight is 312 g/mol. The molecule has 0 saturated carbocycles. The second kappa shape index (κ2) is 6.00. The van der Waals surface area contributed by atoms with Crippen molar-refractivity contribution in [2.24, 2.45) is 10.9 Å². The van der Waals surface area contributed by atoms with Crippen LogP contribution in [0.3, 0.4) is 0 Å². The number of rotatable bonds is 3. The molecule has 2 rings (SSSR count). The predicted octanol–water partition coefficient (Wildman–Crippen LogP) is -0.670. The molecule has 1 saturated heterocycles. The van der Waals surface area contributed by atoms with Crippen molar-refractivity contribution in [3.8, 4) is 0 Å². The van der Waals surface area contributed by atoms with E-state index in [0.29, 0.717) is 26.2 Å². The molecule has 1 amide bonds. The van der Waals surface area contributed by atoms with Crippen molar-refractivity contribution in [3.05, 3.63) is 24.3 Å². The standard InChI is InChI=1S/C13H20N4O3S/c1-10(14)13(18)17-8-6-16(7-9-17)11-2-4-12(5-3-11)21(15,19)20/h2-5,10H,6-9,14H2,1H3,(H2,15,19,20). The van der Waals surface area contributed by atoms with Gasteiger partial charge >= 0.3 is 0 Å². The Morgan fingerprint density at radius 1 is 1.14 bits per heavy atom. The second-order valence-electron chi connectivity index (χ2n) is 5.14. The number of benzene rings is 1. The zero-order chi connectivity index (χ0) is 15.6. The fraction of sp³-hybridized carbons (Fsp3) is 0.462. The van der Waals surface area contributed by atoms with Crippen molar-refractivity contribution in [1.82, 2.24) is 4.90 Å². The summed E-state index contributed by atoms with van der Waals surface area (Å²) in [5.41, 5.74) is 6.51. The van der Waals surface area contributed by atoms with E-state index in [-0.39, 0.29) is 10.8 Å². The molecular formula is C13H20N4O3S. The highest BCUT2D eigenvalue weighted by molar-refractivity contribution is 7.89. The van der Waals surface area contributed by atoms with Crippen molar-refractivity contribution in [3.63, 3.8) is 0 Å². The molecule has 21 heavy (non-hydrogen) atoms. The molecule has 1 atom stereocenters. The molecule has 116 valence electrons. The van der Waals surface area contributed by atoms with E-state index in [4.69, 9.17) is 10.9 Å². The Kier molecular flexibility index (Phi) is 4.50. The monoisotopic (exact) mass is 312 g/mol. The first kappa shape index (κ1) is 15.7. The topological polar surface area (TPSA) is 110 Å². The normalized spacial score (nSPS) is 17.7. The van der Waals surface area contributed by atoms with Gasteiger partial charge in [-0.3, -0.25) is 4.79 Å². The van der Waals surface area contributed by atoms with E-state index in [2.05, 4.69) is 4.90 Å². The van der Waals surface area contributed by atoms with Crippen molar-refractivity contribution in [2.75, 3.05) is 31.1 Å². The fourth-order valence-electron chi connectivity index (χ4n) is 2.32. The number of nitrogens with zero attached hydrogens (tertiary/aromatic N) is 2. The summed E-state index contributed by atoms with van der Waals surface area (Å²) in [4.78, 5) is 15.7. The molecule has 1 aromatic rings. The second-order valence-corrected chi connectivity index (χ2v) is 6.70. The van der Waals surface area contributed by atoms with E-state index >= 15 is 0 Å². The molecule has 8 heteroatoms. The van der Waals surface area contributed by atoms with Gasteiger partial charge in [0, 0.05) is 31.9 Å². The van der Waals surface area contributed by atoms with Crippen LogP contribution in [0.15, 0.2) is 29.2 Å². The van der Waals surface area contributed by atoms with Gasteiger partial charge < -0.3 is 15.5 Å². The lowest BCUT2D eigenvalue weighted by atomic mass is 10.2. The van der Waals surface area contributed by atoms with Gasteiger partial charge in [-0.1, -0.05) is 0 Å². The third-order valence-electron chi connectivity index (χ3n) is 3.51. The lowest BCUT2D eigenvalue weighted by Gasteiger charge is -2.36. The molecule has 0 aliphatic carbocycles. The number of sulfonamides is 1. The van der Waals surface area contributed by atoms with E-state index in [1.54, 1.807) is 24.0 Å². The van der Waals surface area contributed by atoms with Crippen LogP contribution in [-0.2, 0) is 14.8 Å². The van der Waals surface area contributed by atoms with E-state index in [1.165, 1.54) is 12.1 Å².